The van der Waals surface area contributed by atoms with E-state index in [1.165, 1.54) is 7.11 Å². The summed E-state index contributed by atoms with van der Waals surface area (Å²) >= 11 is 0. The van der Waals surface area contributed by atoms with Gasteiger partial charge in [0, 0.05) is 7.11 Å². The highest BCUT2D eigenvalue weighted by Crippen LogP contribution is 2.25. The average Bonchev–Trinajstić information content (AvgIpc) is 2.06. The third-order valence-corrected chi connectivity index (χ3v) is 2.22. The smallest absolute Gasteiger partial charge is 0.261 e. The molecule has 66 valence electrons. The Morgan fingerprint density at radius 1 is 1.33 bits per heavy atom. The summed E-state index contributed by atoms with van der Waals surface area (Å²) in [5, 5.41) is 0. The van der Waals surface area contributed by atoms with Crippen LogP contribution in [0.3, 0.4) is 0 Å². The fourth-order valence-electron chi connectivity index (χ4n) is 0.767. The first-order chi connectivity index (χ1) is 5.83. The Morgan fingerprint density at radius 3 is 2.58 bits per heavy atom. The van der Waals surface area contributed by atoms with Crippen LogP contribution in [0.15, 0.2) is 30.3 Å². The zero-order valence-corrected chi connectivity index (χ0v) is 7.82. The first-order valence-electron chi connectivity index (χ1n) is 3.57. The summed E-state index contributed by atoms with van der Waals surface area (Å²) in [6.45, 7) is 0. The fourth-order valence-corrected chi connectivity index (χ4v) is 1.46. The Hall–Kier alpha value is -0.790. The highest BCUT2D eigenvalue weighted by atomic mass is 31.1. The number of para-hydroxylation sites is 1. The number of rotatable bonds is 4. The van der Waals surface area contributed by atoms with E-state index in [2.05, 4.69) is 4.74 Å². The van der Waals surface area contributed by atoms with E-state index >= 15 is 0 Å². The lowest BCUT2D eigenvalue weighted by atomic mass is 10.3. The van der Waals surface area contributed by atoms with Crippen molar-refractivity contribution in [3.05, 3.63) is 30.3 Å². The van der Waals surface area contributed by atoms with Gasteiger partial charge in [-0.25, -0.2) is 0 Å². The molecule has 12 heavy (non-hydrogen) atoms. The molecule has 0 amide bonds. The van der Waals surface area contributed by atoms with Crippen LogP contribution in [0.4, 0.5) is 0 Å². The quantitative estimate of drug-likeness (QED) is 0.676. The van der Waals surface area contributed by atoms with Crippen molar-refractivity contribution in [3.8, 4) is 5.75 Å². The molecule has 1 aromatic carbocycles. The van der Waals surface area contributed by atoms with Gasteiger partial charge in [0.1, 0.15) is 12.1 Å². The first kappa shape index (κ1) is 9.30. The van der Waals surface area contributed by atoms with Crippen molar-refractivity contribution in [1.29, 1.82) is 0 Å². The largest absolute Gasteiger partial charge is 0.443 e. The molecule has 0 spiro atoms. The summed E-state index contributed by atoms with van der Waals surface area (Å²) in [6, 6.07) is 9.06. The van der Waals surface area contributed by atoms with Crippen molar-refractivity contribution in [2.24, 2.45) is 0 Å². The predicted octanol–water partition coefficient (Wildman–Crippen LogP) is 2.14. The molecule has 0 saturated heterocycles. The second-order valence-corrected chi connectivity index (χ2v) is 3.46. The topological polar surface area (TPSA) is 35.5 Å². The Balaban J connectivity index is 2.47. The van der Waals surface area contributed by atoms with Gasteiger partial charge in [-0.05, 0) is 12.1 Å². The normalized spacial score (nSPS) is 12.4. The van der Waals surface area contributed by atoms with Crippen LogP contribution < -0.4 is 4.52 Å². The SMILES string of the molecule is COC[PH](=O)Oc1ccccc1. The van der Waals surface area contributed by atoms with Crippen molar-refractivity contribution in [2.75, 3.05) is 13.5 Å². The van der Waals surface area contributed by atoms with Gasteiger partial charge < -0.3 is 9.26 Å². The van der Waals surface area contributed by atoms with Crippen molar-refractivity contribution in [1.82, 2.24) is 0 Å². The summed E-state index contributed by atoms with van der Waals surface area (Å²) in [4.78, 5) is 0. The first-order valence-corrected chi connectivity index (χ1v) is 5.10. The van der Waals surface area contributed by atoms with Crippen LogP contribution in [0.1, 0.15) is 0 Å². The van der Waals surface area contributed by atoms with Gasteiger partial charge >= 0.3 is 0 Å². The molecule has 0 aliphatic carbocycles. The molecule has 4 heteroatoms. The van der Waals surface area contributed by atoms with Crippen molar-refractivity contribution in [2.45, 2.75) is 0 Å². The van der Waals surface area contributed by atoms with Gasteiger partial charge in [0.25, 0.3) is 8.03 Å². The summed E-state index contributed by atoms with van der Waals surface area (Å²) < 4.78 is 20.8. The van der Waals surface area contributed by atoms with Crippen molar-refractivity contribution >= 4 is 8.03 Å². The third kappa shape index (κ3) is 3.07. The van der Waals surface area contributed by atoms with Crippen LogP contribution in [-0.2, 0) is 9.30 Å². The maximum absolute atomic E-state index is 11.1. The van der Waals surface area contributed by atoms with E-state index in [4.69, 9.17) is 4.52 Å². The Labute approximate surface area is 72.2 Å². The molecule has 0 radical (unpaired) electrons. The monoisotopic (exact) mass is 186 g/mol. The molecular formula is C8H11O3P. The van der Waals surface area contributed by atoms with E-state index in [1.807, 2.05) is 18.2 Å². The number of methoxy groups -OCH3 is 1. The third-order valence-electron chi connectivity index (χ3n) is 1.24. The molecule has 0 aliphatic heterocycles. The van der Waals surface area contributed by atoms with Gasteiger partial charge in [-0.3, -0.25) is 4.57 Å². The lowest BCUT2D eigenvalue weighted by Gasteiger charge is -2.03. The molecule has 0 fully saturated rings. The zero-order chi connectivity index (χ0) is 8.81. The predicted molar refractivity (Wildman–Crippen MR) is 47.9 cm³/mol. The summed E-state index contributed by atoms with van der Waals surface area (Å²) in [5.41, 5.74) is 0. The number of benzene rings is 1. The van der Waals surface area contributed by atoms with Crippen LogP contribution in [0.25, 0.3) is 0 Å². The second-order valence-electron chi connectivity index (χ2n) is 2.22. The van der Waals surface area contributed by atoms with Gasteiger partial charge in [-0.1, -0.05) is 18.2 Å². The summed E-state index contributed by atoms with van der Waals surface area (Å²) in [5.74, 6) is 0.624. The van der Waals surface area contributed by atoms with Gasteiger partial charge in [0.2, 0.25) is 0 Å². The lowest BCUT2D eigenvalue weighted by Crippen LogP contribution is -1.87. The minimum absolute atomic E-state index is 0.166. The Morgan fingerprint density at radius 2 is 2.00 bits per heavy atom. The standard InChI is InChI=1S/C8H11O3P/c1-10-7-12(9)11-8-5-3-2-4-6-8/h2-6,12H,7H2,1H3. The fraction of sp³-hybridized carbons (Fsp3) is 0.250. The van der Waals surface area contributed by atoms with Gasteiger partial charge in [-0.2, -0.15) is 0 Å². The summed E-state index contributed by atoms with van der Waals surface area (Å²) in [7, 11) is -0.568. The van der Waals surface area contributed by atoms with E-state index in [0.29, 0.717) is 5.75 Å². The average molecular weight is 186 g/mol. The zero-order valence-electron chi connectivity index (χ0n) is 6.82. The van der Waals surface area contributed by atoms with Crippen LogP contribution in [0, 0.1) is 0 Å². The molecule has 1 aromatic rings. The van der Waals surface area contributed by atoms with Crippen LogP contribution >= 0.6 is 8.03 Å². The molecular weight excluding hydrogens is 175 g/mol. The molecule has 0 N–H and O–H groups in total. The molecule has 0 aromatic heterocycles. The minimum Gasteiger partial charge on any atom is -0.443 e. The van der Waals surface area contributed by atoms with Crippen molar-refractivity contribution in [3.63, 3.8) is 0 Å². The number of ether oxygens (including phenoxy) is 1. The van der Waals surface area contributed by atoms with Crippen LogP contribution in [-0.4, -0.2) is 13.5 Å². The van der Waals surface area contributed by atoms with Gasteiger partial charge in [0.05, 0.1) is 0 Å². The van der Waals surface area contributed by atoms with E-state index in [1.54, 1.807) is 12.1 Å². The highest BCUT2D eigenvalue weighted by Gasteiger charge is 1.98. The highest BCUT2D eigenvalue weighted by molar-refractivity contribution is 7.39. The van der Waals surface area contributed by atoms with E-state index in [0.717, 1.165) is 0 Å². The van der Waals surface area contributed by atoms with Gasteiger partial charge in [-0.15, -0.1) is 0 Å². The molecule has 1 atom stereocenters. The van der Waals surface area contributed by atoms with E-state index in [-0.39, 0.29) is 6.35 Å². The molecule has 1 rings (SSSR count). The van der Waals surface area contributed by atoms with Crippen LogP contribution in [0.2, 0.25) is 0 Å². The van der Waals surface area contributed by atoms with Crippen LogP contribution in [0.5, 0.6) is 5.75 Å². The minimum atomic E-state index is -2.07. The molecule has 1 unspecified atom stereocenters. The molecule has 3 nitrogen and oxygen atoms in total. The Kier molecular flexibility index (Phi) is 3.85. The summed E-state index contributed by atoms with van der Waals surface area (Å²) in [6.07, 6.45) is 0.166. The maximum atomic E-state index is 11.1. The maximum Gasteiger partial charge on any atom is 0.261 e. The molecule has 0 heterocycles. The second kappa shape index (κ2) is 4.96. The Bertz CT molecular complexity index is 248. The van der Waals surface area contributed by atoms with E-state index < -0.39 is 8.03 Å². The molecule has 0 aliphatic rings. The number of hydrogen-bond donors (Lipinski definition) is 0. The lowest BCUT2D eigenvalue weighted by molar-refractivity contribution is 0.244. The van der Waals surface area contributed by atoms with Gasteiger partial charge in [0.15, 0.2) is 0 Å². The van der Waals surface area contributed by atoms with Crippen molar-refractivity contribution < 1.29 is 13.8 Å². The molecule has 0 saturated carbocycles. The molecule has 0 bridgehead atoms. The number of hydrogen-bond acceptors (Lipinski definition) is 3. The van der Waals surface area contributed by atoms with E-state index in [9.17, 15) is 4.57 Å².